The van der Waals surface area contributed by atoms with Gasteiger partial charge in [0.25, 0.3) is 5.56 Å². The highest BCUT2D eigenvalue weighted by Crippen LogP contribution is 2.24. The Balaban J connectivity index is 1.64. The van der Waals surface area contributed by atoms with Crippen molar-refractivity contribution in [3.05, 3.63) is 63.7 Å². The van der Waals surface area contributed by atoms with Crippen molar-refractivity contribution >= 4 is 33.7 Å². The Morgan fingerprint density at radius 3 is 2.76 bits per heavy atom. The van der Waals surface area contributed by atoms with E-state index in [1.807, 2.05) is 19.1 Å². The Bertz CT molecular complexity index is 1130. The average Bonchev–Trinajstić information content (AvgIpc) is 2.96. The van der Waals surface area contributed by atoms with Crippen molar-refractivity contribution in [1.29, 1.82) is 0 Å². The Hall–Kier alpha value is -2.74. The molecule has 0 fully saturated rings. The first-order chi connectivity index (χ1) is 12.0. The molecule has 2 heterocycles. The van der Waals surface area contributed by atoms with Crippen molar-refractivity contribution in [2.24, 2.45) is 0 Å². The van der Waals surface area contributed by atoms with Crippen molar-refractivity contribution in [2.45, 2.75) is 17.8 Å². The van der Waals surface area contributed by atoms with E-state index < -0.39 is 11.6 Å². The molecule has 0 saturated carbocycles. The molecule has 0 spiro atoms. The zero-order valence-electron chi connectivity index (χ0n) is 13.1. The predicted octanol–water partition coefficient (Wildman–Crippen LogP) is 3.68. The van der Waals surface area contributed by atoms with Crippen LogP contribution in [0.1, 0.15) is 11.4 Å². The number of halogens is 2. The molecule has 0 aliphatic carbocycles. The summed E-state index contributed by atoms with van der Waals surface area (Å²) in [5.74, 6) is -0.991. The molecule has 2 aromatic carbocycles. The lowest BCUT2D eigenvalue weighted by Crippen LogP contribution is -2.11. The Labute approximate surface area is 144 Å². The number of aryl methyl sites for hydroxylation is 1. The summed E-state index contributed by atoms with van der Waals surface area (Å²) in [5.41, 5.74) is 2.15. The standard InChI is InChI=1S/C17H12F2N4OS/c1-8-3-2-4-9-15(8)22-14(23-16(9)24)7-25-17-20-12-5-10(18)11(19)6-13(12)21-17/h2-6H,7H2,1H3,(H,20,21)(H,22,23,24). The van der Waals surface area contributed by atoms with E-state index in [1.54, 1.807) is 6.07 Å². The maximum Gasteiger partial charge on any atom is 0.258 e. The van der Waals surface area contributed by atoms with Gasteiger partial charge in [-0.15, -0.1) is 0 Å². The van der Waals surface area contributed by atoms with Crippen molar-refractivity contribution in [2.75, 3.05) is 0 Å². The normalized spacial score (nSPS) is 11.5. The van der Waals surface area contributed by atoms with Gasteiger partial charge >= 0.3 is 0 Å². The van der Waals surface area contributed by atoms with Gasteiger partial charge in [-0.3, -0.25) is 4.79 Å². The SMILES string of the molecule is Cc1cccc2c(=O)[nH]c(CSc3nc4cc(F)c(F)cc4[nH]3)nc12. The van der Waals surface area contributed by atoms with Crippen LogP contribution in [0.2, 0.25) is 0 Å². The number of imidazole rings is 1. The number of benzene rings is 2. The highest BCUT2D eigenvalue weighted by atomic mass is 32.2. The van der Waals surface area contributed by atoms with E-state index in [9.17, 15) is 13.6 Å². The molecule has 8 heteroatoms. The number of nitrogens with zero attached hydrogens (tertiary/aromatic N) is 2. The van der Waals surface area contributed by atoms with Crippen LogP contribution in [0.5, 0.6) is 0 Å². The zero-order chi connectivity index (χ0) is 17.6. The summed E-state index contributed by atoms with van der Waals surface area (Å²) >= 11 is 1.29. The molecule has 0 atom stereocenters. The van der Waals surface area contributed by atoms with Crippen molar-refractivity contribution in [3.8, 4) is 0 Å². The first kappa shape index (κ1) is 15.8. The third-order valence-corrected chi connectivity index (χ3v) is 4.72. The van der Waals surface area contributed by atoms with Crippen LogP contribution in [0.4, 0.5) is 8.78 Å². The smallest absolute Gasteiger partial charge is 0.258 e. The van der Waals surface area contributed by atoms with Gasteiger partial charge in [-0.05, 0) is 18.6 Å². The molecule has 0 unspecified atom stereocenters. The summed E-state index contributed by atoms with van der Waals surface area (Å²) in [7, 11) is 0. The number of aromatic amines is 2. The van der Waals surface area contributed by atoms with Gasteiger partial charge in [-0.1, -0.05) is 23.9 Å². The maximum atomic E-state index is 13.3. The van der Waals surface area contributed by atoms with Crippen LogP contribution in [0, 0.1) is 18.6 Å². The second kappa shape index (κ2) is 5.96. The van der Waals surface area contributed by atoms with Gasteiger partial charge in [0, 0.05) is 12.1 Å². The number of thioether (sulfide) groups is 1. The fraction of sp³-hybridized carbons (Fsp3) is 0.118. The first-order valence-electron chi connectivity index (χ1n) is 7.47. The monoisotopic (exact) mass is 358 g/mol. The minimum absolute atomic E-state index is 0.196. The molecule has 25 heavy (non-hydrogen) atoms. The van der Waals surface area contributed by atoms with Gasteiger partial charge in [-0.25, -0.2) is 18.7 Å². The van der Waals surface area contributed by atoms with Crippen molar-refractivity contribution in [3.63, 3.8) is 0 Å². The lowest BCUT2D eigenvalue weighted by atomic mass is 10.1. The van der Waals surface area contributed by atoms with E-state index in [2.05, 4.69) is 19.9 Å². The zero-order valence-corrected chi connectivity index (χ0v) is 13.9. The van der Waals surface area contributed by atoms with Crippen LogP contribution in [0.15, 0.2) is 40.3 Å². The van der Waals surface area contributed by atoms with E-state index in [0.717, 1.165) is 17.7 Å². The Morgan fingerprint density at radius 1 is 1.12 bits per heavy atom. The number of para-hydroxylation sites is 1. The molecule has 0 bridgehead atoms. The predicted molar refractivity (Wildman–Crippen MR) is 92.7 cm³/mol. The molecule has 0 saturated heterocycles. The number of hydrogen-bond donors (Lipinski definition) is 2. The maximum absolute atomic E-state index is 13.3. The van der Waals surface area contributed by atoms with E-state index in [4.69, 9.17) is 0 Å². The van der Waals surface area contributed by atoms with Crippen LogP contribution in [0.3, 0.4) is 0 Å². The summed E-state index contributed by atoms with van der Waals surface area (Å²) < 4.78 is 26.5. The molecular formula is C17H12F2N4OS. The largest absolute Gasteiger partial charge is 0.333 e. The van der Waals surface area contributed by atoms with E-state index in [0.29, 0.717) is 38.7 Å². The summed E-state index contributed by atoms with van der Waals surface area (Å²) in [4.78, 5) is 26.5. The van der Waals surface area contributed by atoms with Gasteiger partial charge in [0.15, 0.2) is 16.8 Å². The second-order valence-corrected chi connectivity index (χ2v) is 6.56. The van der Waals surface area contributed by atoms with Gasteiger partial charge in [0.1, 0.15) is 5.82 Å². The summed E-state index contributed by atoms with van der Waals surface area (Å²) in [6.07, 6.45) is 0. The van der Waals surface area contributed by atoms with Crippen LogP contribution < -0.4 is 5.56 Å². The molecule has 0 aliphatic rings. The molecule has 126 valence electrons. The van der Waals surface area contributed by atoms with Crippen LogP contribution in [0.25, 0.3) is 21.9 Å². The minimum atomic E-state index is -0.938. The second-order valence-electron chi connectivity index (χ2n) is 5.60. The van der Waals surface area contributed by atoms with Crippen molar-refractivity contribution < 1.29 is 8.78 Å². The summed E-state index contributed by atoms with van der Waals surface area (Å²) in [5, 5.41) is 1.04. The van der Waals surface area contributed by atoms with Crippen LogP contribution in [-0.4, -0.2) is 19.9 Å². The molecule has 0 aliphatic heterocycles. The number of rotatable bonds is 3. The first-order valence-corrected chi connectivity index (χ1v) is 8.46. The molecular weight excluding hydrogens is 346 g/mol. The van der Waals surface area contributed by atoms with Crippen LogP contribution in [-0.2, 0) is 5.75 Å². The van der Waals surface area contributed by atoms with E-state index in [-0.39, 0.29) is 5.56 Å². The van der Waals surface area contributed by atoms with Gasteiger partial charge in [0.05, 0.1) is 27.7 Å². The van der Waals surface area contributed by atoms with Crippen LogP contribution >= 0.6 is 11.8 Å². The number of aromatic nitrogens is 4. The highest BCUT2D eigenvalue weighted by molar-refractivity contribution is 7.98. The van der Waals surface area contributed by atoms with Gasteiger partial charge < -0.3 is 9.97 Å². The number of nitrogens with one attached hydrogen (secondary N) is 2. The van der Waals surface area contributed by atoms with Crippen molar-refractivity contribution in [1.82, 2.24) is 19.9 Å². The number of hydrogen-bond acceptors (Lipinski definition) is 4. The summed E-state index contributed by atoms with van der Waals surface area (Å²) in [6.45, 7) is 1.90. The Kier molecular flexibility index (Phi) is 3.76. The molecule has 4 rings (SSSR count). The topological polar surface area (TPSA) is 74.4 Å². The Morgan fingerprint density at radius 2 is 1.92 bits per heavy atom. The summed E-state index contributed by atoms with van der Waals surface area (Å²) in [6, 6.07) is 7.56. The lowest BCUT2D eigenvalue weighted by Gasteiger charge is -2.04. The minimum Gasteiger partial charge on any atom is -0.333 e. The third kappa shape index (κ3) is 2.89. The molecule has 5 nitrogen and oxygen atoms in total. The molecule has 2 N–H and O–H groups in total. The number of H-pyrrole nitrogens is 2. The lowest BCUT2D eigenvalue weighted by molar-refractivity contribution is 0.510. The molecule has 0 radical (unpaired) electrons. The van der Waals surface area contributed by atoms with E-state index in [1.165, 1.54) is 11.8 Å². The molecule has 2 aromatic heterocycles. The van der Waals surface area contributed by atoms with E-state index >= 15 is 0 Å². The molecule has 0 amide bonds. The quantitative estimate of drug-likeness (QED) is 0.548. The number of fused-ring (bicyclic) bond motifs is 2. The molecule has 4 aromatic rings. The van der Waals surface area contributed by atoms with Gasteiger partial charge in [0.2, 0.25) is 0 Å². The average molecular weight is 358 g/mol. The fourth-order valence-electron chi connectivity index (χ4n) is 2.61. The fourth-order valence-corrected chi connectivity index (χ4v) is 3.36. The third-order valence-electron chi connectivity index (χ3n) is 3.83. The highest BCUT2D eigenvalue weighted by Gasteiger charge is 2.11. The van der Waals surface area contributed by atoms with Gasteiger partial charge in [-0.2, -0.15) is 0 Å².